The summed E-state index contributed by atoms with van der Waals surface area (Å²) < 4.78 is 5.34. The molecule has 1 fully saturated rings. The molecular weight excluding hydrogens is 274 g/mol. The van der Waals surface area contributed by atoms with Crippen LogP contribution in [0.1, 0.15) is 39.2 Å². The Morgan fingerprint density at radius 1 is 1.32 bits per heavy atom. The fraction of sp³-hybridized carbons (Fsp3) is 0.611. The monoisotopic (exact) mass is 303 g/mol. The van der Waals surface area contributed by atoms with Crippen molar-refractivity contribution < 1.29 is 4.74 Å². The minimum atomic E-state index is -0.0189. The zero-order chi connectivity index (χ0) is 16.0. The highest BCUT2D eigenvalue weighted by atomic mass is 16.5. The Kier molecular flexibility index (Phi) is 5.69. The molecule has 0 unspecified atom stereocenters. The van der Waals surface area contributed by atoms with E-state index in [1.807, 2.05) is 12.1 Å². The van der Waals surface area contributed by atoms with Crippen molar-refractivity contribution in [1.29, 1.82) is 0 Å². The van der Waals surface area contributed by atoms with Crippen LogP contribution in [0.15, 0.2) is 29.3 Å². The van der Waals surface area contributed by atoms with Crippen molar-refractivity contribution in [2.24, 2.45) is 4.99 Å². The molecule has 4 heteroatoms. The molecule has 0 saturated carbocycles. The average molecular weight is 303 g/mol. The normalized spacial score (nSPS) is 16.0. The van der Waals surface area contributed by atoms with E-state index in [4.69, 9.17) is 9.73 Å². The molecule has 1 aromatic carbocycles. The predicted molar refractivity (Wildman–Crippen MR) is 92.8 cm³/mol. The Hall–Kier alpha value is -1.71. The molecule has 0 amide bonds. The first-order valence-corrected chi connectivity index (χ1v) is 8.24. The predicted octanol–water partition coefficient (Wildman–Crippen LogP) is 3.03. The van der Waals surface area contributed by atoms with Crippen LogP contribution in [-0.4, -0.2) is 44.1 Å². The number of rotatable bonds is 5. The van der Waals surface area contributed by atoms with Gasteiger partial charge in [0, 0.05) is 25.0 Å². The van der Waals surface area contributed by atoms with Crippen LogP contribution in [-0.2, 0) is 5.41 Å². The molecule has 0 aromatic heterocycles. The summed E-state index contributed by atoms with van der Waals surface area (Å²) in [6.07, 6.45) is 2.54. The summed E-state index contributed by atoms with van der Waals surface area (Å²) in [4.78, 5) is 7.26. The van der Waals surface area contributed by atoms with Gasteiger partial charge in [-0.15, -0.1) is 0 Å². The Bertz CT molecular complexity index is 505. The van der Waals surface area contributed by atoms with Crippen LogP contribution in [0.25, 0.3) is 0 Å². The first-order valence-electron chi connectivity index (χ1n) is 8.24. The van der Waals surface area contributed by atoms with E-state index in [9.17, 15) is 0 Å². The van der Waals surface area contributed by atoms with E-state index >= 15 is 0 Å². The van der Waals surface area contributed by atoms with Gasteiger partial charge < -0.3 is 15.0 Å². The quantitative estimate of drug-likeness (QED) is 0.671. The van der Waals surface area contributed by atoms with Crippen molar-refractivity contribution in [2.45, 2.75) is 39.0 Å². The molecule has 1 aliphatic rings. The van der Waals surface area contributed by atoms with Gasteiger partial charge in [-0.25, -0.2) is 0 Å². The van der Waals surface area contributed by atoms with Crippen LogP contribution < -0.4 is 10.1 Å². The molecule has 0 spiro atoms. The molecule has 1 N–H and O–H groups in total. The maximum absolute atomic E-state index is 5.34. The number of methoxy groups -OCH3 is 1. The Labute approximate surface area is 134 Å². The lowest BCUT2D eigenvalue weighted by Crippen LogP contribution is -2.40. The number of likely N-dealkylation sites (tertiary alicyclic amines) is 1. The first-order chi connectivity index (χ1) is 10.6. The molecule has 22 heavy (non-hydrogen) atoms. The van der Waals surface area contributed by atoms with Crippen LogP contribution in [0.5, 0.6) is 5.75 Å². The van der Waals surface area contributed by atoms with Gasteiger partial charge in [0.25, 0.3) is 0 Å². The second kappa shape index (κ2) is 7.52. The third-order valence-corrected chi connectivity index (χ3v) is 4.22. The maximum Gasteiger partial charge on any atom is 0.193 e. The lowest BCUT2D eigenvalue weighted by Gasteiger charge is -2.26. The van der Waals surface area contributed by atoms with Gasteiger partial charge in [-0.05, 0) is 37.5 Å². The van der Waals surface area contributed by atoms with Gasteiger partial charge in [-0.1, -0.05) is 26.0 Å². The van der Waals surface area contributed by atoms with Gasteiger partial charge in [0.2, 0.25) is 0 Å². The minimum absolute atomic E-state index is 0.0189. The zero-order valence-electron chi connectivity index (χ0n) is 14.4. The summed E-state index contributed by atoms with van der Waals surface area (Å²) in [7, 11) is 1.71. The summed E-state index contributed by atoms with van der Waals surface area (Å²) in [5.74, 6) is 1.96. The zero-order valence-corrected chi connectivity index (χ0v) is 14.4. The number of hydrogen-bond acceptors (Lipinski definition) is 2. The van der Waals surface area contributed by atoms with E-state index in [2.05, 4.69) is 43.1 Å². The topological polar surface area (TPSA) is 36.9 Å². The molecule has 2 rings (SSSR count). The SMILES string of the molecule is CCNC(=NCC(C)(C)c1cccc(OC)c1)N1CCCC1. The van der Waals surface area contributed by atoms with E-state index in [1.54, 1.807) is 7.11 Å². The Balaban J connectivity index is 2.12. The fourth-order valence-electron chi connectivity index (χ4n) is 2.76. The summed E-state index contributed by atoms with van der Waals surface area (Å²) in [5, 5.41) is 3.42. The van der Waals surface area contributed by atoms with Crippen molar-refractivity contribution >= 4 is 5.96 Å². The van der Waals surface area contributed by atoms with Gasteiger partial charge in [0.15, 0.2) is 5.96 Å². The molecule has 0 atom stereocenters. The van der Waals surface area contributed by atoms with Crippen LogP contribution in [0.4, 0.5) is 0 Å². The second-order valence-electron chi connectivity index (χ2n) is 6.48. The Morgan fingerprint density at radius 2 is 2.05 bits per heavy atom. The van der Waals surface area contributed by atoms with Crippen LogP contribution >= 0.6 is 0 Å². The smallest absolute Gasteiger partial charge is 0.193 e. The molecule has 4 nitrogen and oxygen atoms in total. The standard InChI is InChI=1S/C18H29N3O/c1-5-19-17(21-11-6-7-12-21)20-14-18(2,3)15-9-8-10-16(13-15)22-4/h8-10,13H,5-7,11-12,14H2,1-4H3,(H,19,20). The Morgan fingerprint density at radius 3 is 2.68 bits per heavy atom. The van der Waals surface area contributed by atoms with E-state index in [0.29, 0.717) is 0 Å². The lowest BCUT2D eigenvalue weighted by molar-refractivity contribution is 0.412. The van der Waals surface area contributed by atoms with Crippen molar-refractivity contribution in [3.63, 3.8) is 0 Å². The number of nitrogens with zero attached hydrogens (tertiary/aromatic N) is 2. The number of benzene rings is 1. The number of aliphatic imine (C=N–C) groups is 1. The molecule has 0 aliphatic carbocycles. The number of hydrogen-bond donors (Lipinski definition) is 1. The number of ether oxygens (including phenoxy) is 1. The first kappa shape index (κ1) is 16.7. The fourth-order valence-corrected chi connectivity index (χ4v) is 2.76. The van der Waals surface area contributed by atoms with Crippen molar-refractivity contribution in [3.05, 3.63) is 29.8 Å². The van der Waals surface area contributed by atoms with Crippen molar-refractivity contribution in [2.75, 3.05) is 33.3 Å². The van der Waals surface area contributed by atoms with Gasteiger partial charge >= 0.3 is 0 Å². The molecule has 1 heterocycles. The lowest BCUT2D eigenvalue weighted by atomic mass is 9.84. The molecular formula is C18H29N3O. The number of nitrogens with one attached hydrogen (secondary N) is 1. The van der Waals surface area contributed by atoms with Gasteiger partial charge in [-0.3, -0.25) is 4.99 Å². The van der Waals surface area contributed by atoms with E-state index in [1.165, 1.54) is 18.4 Å². The van der Waals surface area contributed by atoms with E-state index in [-0.39, 0.29) is 5.41 Å². The van der Waals surface area contributed by atoms with Crippen LogP contribution in [0, 0.1) is 0 Å². The molecule has 122 valence electrons. The highest BCUT2D eigenvalue weighted by Gasteiger charge is 2.22. The van der Waals surface area contributed by atoms with Crippen molar-refractivity contribution in [1.82, 2.24) is 10.2 Å². The highest BCUT2D eigenvalue weighted by Crippen LogP contribution is 2.27. The summed E-state index contributed by atoms with van der Waals surface area (Å²) in [5.41, 5.74) is 1.24. The van der Waals surface area contributed by atoms with Crippen molar-refractivity contribution in [3.8, 4) is 5.75 Å². The average Bonchev–Trinajstić information content (AvgIpc) is 3.05. The van der Waals surface area contributed by atoms with Gasteiger partial charge in [-0.2, -0.15) is 0 Å². The third-order valence-electron chi connectivity index (χ3n) is 4.22. The molecule has 0 radical (unpaired) electrons. The third kappa shape index (κ3) is 4.15. The molecule has 1 aliphatic heterocycles. The highest BCUT2D eigenvalue weighted by molar-refractivity contribution is 5.80. The molecule has 0 bridgehead atoms. The number of guanidine groups is 1. The summed E-state index contributed by atoms with van der Waals surface area (Å²) >= 11 is 0. The van der Waals surface area contributed by atoms with E-state index in [0.717, 1.165) is 37.9 Å². The molecule has 1 aromatic rings. The summed E-state index contributed by atoms with van der Waals surface area (Å²) in [6, 6.07) is 8.29. The van der Waals surface area contributed by atoms with Gasteiger partial charge in [0.05, 0.1) is 13.7 Å². The summed E-state index contributed by atoms with van der Waals surface area (Å²) in [6.45, 7) is 10.5. The van der Waals surface area contributed by atoms with Crippen LogP contribution in [0.3, 0.4) is 0 Å². The minimum Gasteiger partial charge on any atom is -0.497 e. The second-order valence-corrected chi connectivity index (χ2v) is 6.48. The largest absolute Gasteiger partial charge is 0.497 e. The maximum atomic E-state index is 5.34. The van der Waals surface area contributed by atoms with E-state index < -0.39 is 0 Å². The van der Waals surface area contributed by atoms with Crippen LogP contribution in [0.2, 0.25) is 0 Å². The molecule has 1 saturated heterocycles. The van der Waals surface area contributed by atoms with Gasteiger partial charge in [0.1, 0.15) is 5.75 Å².